The molecule has 3 rings (SSSR count). The van der Waals surface area contributed by atoms with Gasteiger partial charge in [0, 0.05) is 11.6 Å². The first-order valence-electron chi connectivity index (χ1n) is 7.15. The molecule has 0 saturated heterocycles. The van der Waals surface area contributed by atoms with Gasteiger partial charge in [0.15, 0.2) is 16.8 Å². The monoisotopic (exact) mass is 328 g/mol. The molecule has 0 unspecified atom stereocenters. The van der Waals surface area contributed by atoms with Crippen LogP contribution in [0.4, 0.5) is 0 Å². The first-order valence-corrected chi connectivity index (χ1v) is 7.15. The third-order valence-electron chi connectivity index (χ3n) is 3.68. The van der Waals surface area contributed by atoms with Crippen LogP contribution < -0.4 is 19.6 Å². The third-order valence-corrected chi connectivity index (χ3v) is 3.68. The molecule has 3 aromatic rings. The number of rotatable bonds is 4. The van der Waals surface area contributed by atoms with E-state index in [9.17, 15) is 9.90 Å². The van der Waals surface area contributed by atoms with Crippen LogP contribution in [0.3, 0.4) is 0 Å². The van der Waals surface area contributed by atoms with E-state index in [1.54, 1.807) is 18.2 Å². The van der Waals surface area contributed by atoms with Crippen molar-refractivity contribution in [3.05, 3.63) is 46.6 Å². The lowest BCUT2D eigenvalue weighted by molar-refractivity contribution is 0.324. The van der Waals surface area contributed by atoms with E-state index < -0.39 is 0 Å². The van der Waals surface area contributed by atoms with Gasteiger partial charge in [0.05, 0.1) is 26.7 Å². The number of methoxy groups -OCH3 is 3. The minimum Gasteiger partial charge on any atom is -0.508 e. The average molecular weight is 328 g/mol. The Balaban J connectivity index is 2.34. The Morgan fingerprint density at radius 1 is 0.917 bits per heavy atom. The zero-order valence-electron chi connectivity index (χ0n) is 13.5. The van der Waals surface area contributed by atoms with E-state index in [1.807, 2.05) is 0 Å². The van der Waals surface area contributed by atoms with Crippen LogP contribution in [0, 0.1) is 0 Å². The van der Waals surface area contributed by atoms with Gasteiger partial charge < -0.3 is 23.7 Å². The normalized spacial score (nSPS) is 10.6. The maximum atomic E-state index is 12.5. The summed E-state index contributed by atoms with van der Waals surface area (Å²) in [6.07, 6.45) is 0. The van der Waals surface area contributed by atoms with Crippen LogP contribution in [0.5, 0.6) is 23.0 Å². The highest BCUT2D eigenvalue weighted by Crippen LogP contribution is 2.43. The largest absolute Gasteiger partial charge is 0.508 e. The van der Waals surface area contributed by atoms with Crippen molar-refractivity contribution in [3.63, 3.8) is 0 Å². The number of benzene rings is 2. The quantitative estimate of drug-likeness (QED) is 0.792. The van der Waals surface area contributed by atoms with Crippen molar-refractivity contribution in [3.8, 4) is 34.3 Å². The lowest BCUT2D eigenvalue weighted by atomic mass is 10.1. The van der Waals surface area contributed by atoms with E-state index in [4.69, 9.17) is 18.6 Å². The molecule has 0 saturated carbocycles. The maximum absolute atomic E-state index is 12.5. The topological polar surface area (TPSA) is 78.1 Å². The molecule has 0 fully saturated rings. The number of fused-ring (bicyclic) bond motifs is 1. The Morgan fingerprint density at radius 2 is 1.58 bits per heavy atom. The molecule has 6 heteroatoms. The molecule has 1 heterocycles. The van der Waals surface area contributed by atoms with Gasteiger partial charge in [0.1, 0.15) is 11.5 Å². The third kappa shape index (κ3) is 2.52. The molecule has 0 atom stereocenters. The highest BCUT2D eigenvalue weighted by atomic mass is 16.5. The van der Waals surface area contributed by atoms with Crippen molar-refractivity contribution in [1.29, 1.82) is 0 Å². The molecular formula is C18H16O6. The van der Waals surface area contributed by atoms with E-state index in [2.05, 4.69) is 0 Å². The van der Waals surface area contributed by atoms with Crippen LogP contribution in [-0.2, 0) is 0 Å². The van der Waals surface area contributed by atoms with Gasteiger partial charge in [0.2, 0.25) is 11.5 Å². The fraction of sp³-hybridized carbons (Fsp3) is 0.167. The van der Waals surface area contributed by atoms with Crippen LogP contribution in [0.2, 0.25) is 0 Å². The second kappa shape index (κ2) is 6.16. The molecule has 6 nitrogen and oxygen atoms in total. The summed E-state index contributed by atoms with van der Waals surface area (Å²) in [6, 6.07) is 9.30. The molecule has 0 spiro atoms. The molecule has 0 radical (unpaired) electrons. The Bertz CT molecular complexity index is 940. The zero-order chi connectivity index (χ0) is 17.3. The molecule has 24 heavy (non-hydrogen) atoms. The van der Waals surface area contributed by atoms with Gasteiger partial charge in [-0.15, -0.1) is 0 Å². The van der Waals surface area contributed by atoms with E-state index in [-0.39, 0.29) is 22.5 Å². The molecule has 0 aliphatic carbocycles. The molecule has 0 bridgehead atoms. The number of hydrogen-bond donors (Lipinski definition) is 1. The number of ether oxygens (including phenoxy) is 3. The standard InChI is InChI=1S/C18H16O6/c1-21-15-8-12-13(20)9-14(10-4-6-11(19)7-5-10)24-16(12)18(23-3)17(15)22-2/h4-9,19H,1-3H3. The summed E-state index contributed by atoms with van der Waals surface area (Å²) in [5.41, 5.74) is 0.688. The number of hydrogen-bond acceptors (Lipinski definition) is 6. The fourth-order valence-corrected chi connectivity index (χ4v) is 2.52. The summed E-state index contributed by atoms with van der Waals surface area (Å²) in [6.45, 7) is 0. The van der Waals surface area contributed by atoms with E-state index >= 15 is 0 Å². The lowest BCUT2D eigenvalue weighted by Gasteiger charge is -2.14. The second-order valence-corrected chi connectivity index (χ2v) is 5.04. The first-order chi connectivity index (χ1) is 11.6. The number of phenols is 1. The highest BCUT2D eigenvalue weighted by molar-refractivity contribution is 5.89. The average Bonchev–Trinajstić information content (AvgIpc) is 2.60. The Labute approximate surface area is 137 Å². The van der Waals surface area contributed by atoms with E-state index in [1.165, 1.54) is 39.5 Å². The van der Waals surface area contributed by atoms with Gasteiger partial charge in [-0.2, -0.15) is 0 Å². The maximum Gasteiger partial charge on any atom is 0.208 e. The van der Waals surface area contributed by atoms with Crippen LogP contribution in [0.25, 0.3) is 22.3 Å². The van der Waals surface area contributed by atoms with Gasteiger partial charge in [-0.25, -0.2) is 0 Å². The summed E-state index contributed by atoms with van der Waals surface area (Å²) in [4.78, 5) is 12.5. The van der Waals surface area contributed by atoms with Crippen LogP contribution in [0.1, 0.15) is 0 Å². The van der Waals surface area contributed by atoms with E-state index in [0.717, 1.165) is 0 Å². The number of phenolic OH excluding ortho intramolecular Hbond substituents is 1. The summed E-state index contributed by atoms with van der Waals surface area (Å²) in [7, 11) is 4.42. The Morgan fingerprint density at radius 3 is 2.17 bits per heavy atom. The molecular weight excluding hydrogens is 312 g/mol. The number of aromatic hydroxyl groups is 1. The van der Waals surface area contributed by atoms with Gasteiger partial charge >= 0.3 is 0 Å². The molecule has 1 aromatic heterocycles. The lowest BCUT2D eigenvalue weighted by Crippen LogP contribution is -2.04. The van der Waals surface area contributed by atoms with Gasteiger partial charge in [-0.1, -0.05) is 0 Å². The summed E-state index contributed by atoms with van der Waals surface area (Å²) >= 11 is 0. The molecule has 0 aliphatic heterocycles. The van der Waals surface area contributed by atoms with Crippen LogP contribution in [0.15, 0.2) is 45.6 Å². The summed E-state index contributed by atoms with van der Waals surface area (Å²) in [5.74, 6) is 1.50. The molecule has 1 N–H and O–H groups in total. The fourth-order valence-electron chi connectivity index (χ4n) is 2.52. The van der Waals surface area contributed by atoms with Crippen molar-refractivity contribution in [1.82, 2.24) is 0 Å². The van der Waals surface area contributed by atoms with Crippen molar-refractivity contribution >= 4 is 11.0 Å². The second-order valence-electron chi connectivity index (χ2n) is 5.04. The van der Waals surface area contributed by atoms with Gasteiger partial charge in [-0.3, -0.25) is 4.79 Å². The summed E-state index contributed by atoms with van der Waals surface area (Å²) < 4.78 is 21.8. The van der Waals surface area contributed by atoms with Crippen molar-refractivity contribution in [2.75, 3.05) is 21.3 Å². The molecule has 124 valence electrons. The van der Waals surface area contributed by atoms with Crippen LogP contribution >= 0.6 is 0 Å². The zero-order valence-corrected chi connectivity index (χ0v) is 13.5. The first kappa shape index (κ1) is 15.7. The SMILES string of the molecule is COc1cc2c(=O)cc(-c3ccc(O)cc3)oc2c(OC)c1OC. The molecule has 2 aromatic carbocycles. The minimum absolute atomic E-state index is 0.130. The summed E-state index contributed by atoms with van der Waals surface area (Å²) in [5, 5.41) is 9.72. The van der Waals surface area contributed by atoms with Crippen molar-refractivity contribution in [2.24, 2.45) is 0 Å². The highest BCUT2D eigenvalue weighted by Gasteiger charge is 2.20. The molecule has 0 amide bonds. The Kier molecular flexibility index (Phi) is 4.04. The van der Waals surface area contributed by atoms with Gasteiger partial charge in [-0.05, 0) is 30.3 Å². The van der Waals surface area contributed by atoms with Crippen molar-refractivity contribution in [2.45, 2.75) is 0 Å². The predicted molar refractivity (Wildman–Crippen MR) is 89.2 cm³/mol. The minimum atomic E-state index is -0.237. The van der Waals surface area contributed by atoms with E-state index in [0.29, 0.717) is 28.2 Å². The Hall–Kier alpha value is -3.15. The smallest absolute Gasteiger partial charge is 0.208 e. The van der Waals surface area contributed by atoms with Gasteiger partial charge in [0.25, 0.3) is 0 Å². The van der Waals surface area contributed by atoms with Crippen molar-refractivity contribution < 1.29 is 23.7 Å². The van der Waals surface area contributed by atoms with Crippen LogP contribution in [-0.4, -0.2) is 26.4 Å². The predicted octanol–water partition coefficient (Wildman–Crippen LogP) is 3.19. The molecule has 0 aliphatic rings.